The number of imidazole rings is 1. The largest absolute Gasteiger partial charge is 0.494 e. The number of methoxy groups -OCH3 is 1. The van der Waals surface area contributed by atoms with E-state index in [2.05, 4.69) is 17.2 Å². The molecule has 1 aromatic carbocycles. The van der Waals surface area contributed by atoms with Gasteiger partial charge in [-0.2, -0.15) is 0 Å². The third-order valence-corrected chi connectivity index (χ3v) is 2.74. The molecule has 1 N–H and O–H groups in total. The number of aryl methyl sites for hydroxylation is 1. The lowest BCUT2D eigenvalue weighted by molar-refractivity contribution is 0.387. The highest BCUT2D eigenvalue weighted by atomic mass is 19.1. The van der Waals surface area contributed by atoms with Crippen LogP contribution in [-0.2, 0) is 13.1 Å². The van der Waals surface area contributed by atoms with Crippen LogP contribution in [0, 0.1) is 5.82 Å². The molecule has 0 saturated heterocycles. The van der Waals surface area contributed by atoms with E-state index in [0.717, 1.165) is 18.1 Å². The highest BCUT2D eigenvalue weighted by molar-refractivity contribution is 5.48. The van der Waals surface area contributed by atoms with Crippen LogP contribution in [0.5, 0.6) is 5.75 Å². The van der Waals surface area contributed by atoms with E-state index < -0.39 is 0 Å². The summed E-state index contributed by atoms with van der Waals surface area (Å²) in [5, 5.41) is 3.19. The summed E-state index contributed by atoms with van der Waals surface area (Å²) in [5.74, 6) is 0.817. The van der Waals surface area contributed by atoms with Gasteiger partial charge < -0.3 is 14.6 Å². The third-order valence-electron chi connectivity index (χ3n) is 2.74. The predicted octanol–water partition coefficient (Wildman–Crippen LogP) is 2.66. The topological polar surface area (TPSA) is 39.1 Å². The maximum atomic E-state index is 13.2. The molecule has 2 aromatic rings. The summed E-state index contributed by atoms with van der Waals surface area (Å²) in [6.07, 6.45) is 3.70. The van der Waals surface area contributed by atoms with E-state index in [-0.39, 0.29) is 11.6 Å². The number of benzene rings is 1. The Morgan fingerprint density at radius 3 is 3.00 bits per heavy atom. The molecule has 0 unspecified atom stereocenters. The third kappa shape index (κ3) is 2.61. The van der Waals surface area contributed by atoms with E-state index in [4.69, 9.17) is 4.74 Å². The first-order valence-electron chi connectivity index (χ1n) is 5.82. The van der Waals surface area contributed by atoms with Gasteiger partial charge in [-0.05, 0) is 19.1 Å². The molecule has 0 spiro atoms. The number of rotatable bonds is 5. The van der Waals surface area contributed by atoms with Crippen molar-refractivity contribution in [1.29, 1.82) is 0 Å². The van der Waals surface area contributed by atoms with Crippen LogP contribution in [0.25, 0.3) is 0 Å². The Labute approximate surface area is 105 Å². The molecule has 96 valence electrons. The Bertz CT molecular complexity index is 525. The highest BCUT2D eigenvalue weighted by Crippen LogP contribution is 2.21. The van der Waals surface area contributed by atoms with Crippen LogP contribution in [-0.4, -0.2) is 16.7 Å². The maximum Gasteiger partial charge on any atom is 0.165 e. The van der Waals surface area contributed by atoms with Gasteiger partial charge in [0.25, 0.3) is 0 Å². The zero-order valence-corrected chi connectivity index (χ0v) is 10.5. The number of hydrogen-bond donors (Lipinski definition) is 1. The average molecular weight is 249 g/mol. The minimum absolute atomic E-state index is 0.235. The van der Waals surface area contributed by atoms with Gasteiger partial charge in [0.2, 0.25) is 0 Å². The van der Waals surface area contributed by atoms with Crippen LogP contribution < -0.4 is 10.1 Å². The Kier molecular flexibility index (Phi) is 3.82. The second-order valence-corrected chi connectivity index (χ2v) is 3.83. The molecular weight excluding hydrogens is 233 g/mol. The molecule has 0 fully saturated rings. The average Bonchev–Trinajstić information content (AvgIpc) is 2.85. The van der Waals surface area contributed by atoms with E-state index in [1.807, 2.05) is 10.8 Å². The molecule has 0 atom stereocenters. The Hall–Kier alpha value is -2.04. The van der Waals surface area contributed by atoms with E-state index in [1.165, 1.54) is 13.2 Å². The maximum absolute atomic E-state index is 13.2. The number of aromatic nitrogens is 2. The van der Waals surface area contributed by atoms with Crippen molar-refractivity contribution in [3.63, 3.8) is 0 Å². The summed E-state index contributed by atoms with van der Waals surface area (Å²) in [4.78, 5) is 4.26. The molecule has 2 rings (SSSR count). The number of ether oxygens (including phenoxy) is 1. The summed E-state index contributed by atoms with van der Waals surface area (Å²) in [6, 6.07) is 4.69. The molecule has 4 nitrogen and oxygen atoms in total. The molecule has 1 heterocycles. The number of nitrogens with zero attached hydrogens (tertiary/aromatic N) is 2. The van der Waals surface area contributed by atoms with Crippen LogP contribution in [0.15, 0.2) is 30.6 Å². The normalized spacial score (nSPS) is 10.4. The minimum atomic E-state index is -0.363. The molecule has 0 bridgehead atoms. The molecule has 0 aliphatic rings. The van der Waals surface area contributed by atoms with E-state index in [9.17, 15) is 4.39 Å². The molecule has 0 radical (unpaired) electrons. The molecule has 1 aromatic heterocycles. The Morgan fingerprint density at radius 2 is 2.28 bits per heavy atom. The van der Waals surface area contributed by atoms with Crippen LogP contribution >= 0.6 is 0 Å². The van der Waals surface area contributed by atoms with Gasteiger partial charge in [0.05, 0.1) is 13.7 Å². The van der Waals surface area contributed by atoms with Crippen LogP contribution in [0.4, 0.5) is 10.1 Å². The fourth-order valence-corrected chi connectivity index (χ4v) is 1.75. The first kappa shape index (κ1) is 12.4. The highest BCUT2D eigenvalue weighted by Gasteiger charge is 2.05. The number of halogens is 1. The zero-order chi connectivity index (χ0) is 13.0. The van der Waals surface area contributed by atoms with Gasteiger partial charge in [0.1, 0.15) is 5.82 Å². The van der Waals surface area contributed by atoms with Crippen molar-refractivity contribution in [3.8, 4) is 5.75 Å². The molecular formula is C13H16FN3O. The van der Waals surface area contributed by atoms with Crippen molar-refractivity contribution in [2.24, 2.45) is 0 Å². The molecule has 0 aliphatic heterocycles. The summed E-state index contributed by atoms with van der Waals surface area (Å²) >= 11 is 0. The van der Waals surface area contributed by atoms with E-state index >= 15 is 0 Å². The summed E-state index contributed by atoms with van der Waals surface area (Å²) in [7, 11) is 1.45. The van der Waals surface area contributed by atoms with Gasteiger partial charge in [-0.1, -0.05) is 0 Å². The van der Waals surface area contributed by atoms with Crippen molar-refractivity contribution < 1.29 is 9.13 Å². The van der Waals surface area contributed by atoms with Crippen LogP contribution in [0.3, 0.4) is 0 Å². The number of hydrogen-bond acceptors (Lipinski definition) is 3. The van der Waals surface area contributed by atoms with Crippen LogP contribution in [0.2, 0.25) is 0 Å². The second kappa shape index (κ2) is 5.53. The minimum Gasteiger partial charge on any atom is -0.494 e. The van der Waals surface area contributed by atoms with Crippen LogP contribution in [0.1, 0.15) is 12.7 Å². The van der Waals surface area contributed by atoms with Crippen molar-refractivity contribution in [2.75, 3.05) is 12.4 Å². The SMILES string of the molecule is CCn1ccnc1CNc1ccc(F)c(OC)c1. The molecule has 5 heteroatoms. The molecule has 18 heavy (non-hydrogen) atoms. The van der Waals surface area contributed by atoms with Crippen molar-refractivity contribution in [2.45, 2.75) is 20.0 Å². The first-order valence-corrected chi connectivity index (χ1v) is 5.82. The number of nitrogens with one attached hydrogen (secondary N) is 1. The lowest BCUT2D eigenvalue weighted by Crippen LogP contribution is -2.07. The monoisotopic (exact) mass is 249 g/mol. The first-order chi connectivity index (χ1) is 8.74. The standard InChI is InChI=1S/C13H16FN3O/c1-3-17-7-6-15-13(17)9-16-10-4-5-11(14)12(8-10)18-2/h4-8,16H,3,9H2,1-2H3. The van der Waals surface area contributed by atoms with E-state index in [0.29, 0.717) is 6.54 Å². The Morgan fingerprint density at radius 1 is 1.44 bits per heavy atom. The predicted molar refractivity (Wildman–Crippen MR) is 68.2 cm³/mol. The summed E-state index contributed by atoms with van der Waals surface area (Å²) in [5.41, 5.74) is 0.805. The lowest BCUT2D eigenvalue weighted by Gasteiger charge is -2.09. The zero-order valence-electron chi connectivity index (χ0n) is 10.5. The fourth-order valence-electron chi connectivity index (χ4n) is 1.75. The summed E-state index contributed by atoms with van der Waals surface area (Å²) in [6.45, 7) is 3.53. The van der Waals surface area contributed by atoms with Gasteiger partial charge in [-0.15, -0.1) is 0 Å². The van der Waals surface area contributed by atoms with Gasteiger partial charge in [-0.3, -0.25) is 0 Å². The van der Waals surface area contributed by atoms with Gasteiger partial charge >= 0.3 is 0 Å². The number of anilines is 1. The van der Waals surface area contributed by atoms with Gasteiger partial charge in [-0.25, -0.2) is 9.37 Å². The summed E-state index contributed by atoms with van der Waals surface area (Å²) < 4.78 is 20.2. The van der Waals surface area contributed by atoms with Crippen molar-refractivity contribution >= 4 is 5.69 Å². The van der Waals surface area contributed by atoms with Crippen molar-refractivity contribution in [3.05, 3.63) is 42.2 Å². The Balaban J connectivity index is 2.06. The molecule has 0 amide bonds. The molecule has 0 saturated carbocycles. The van der Waals surface area contributed by atoms with E-state index in [1.54, 1.807) is 18.3 Å². The van der Waals surface area contributed by atoms with Crippen molar-refractivity contribution in [1.82, 2.24) is 9.55 Å². The fraction of sp³-hybridized carbons (Fsp3) is 0.308. The second-order valence-electron chi connectivity index (χ2n) is 3.83. The van der Waals surface area contributed by atoms with Gasteiger partial charge in [0.15, 0.2) is 11.6 Å². The smallest absolute Gasteiger partial charge is 0.165 e. The molecule has 0 aliphatic carbocycles. The lowest BCUT2D eigenvalue weighted by atomic mass is 10.3. The van der Waals surface area contributed by atoms with Gasteiger partial charge in [0, 0.05) is 30.7 Å². The quantitative estimate of drug-likeness (QED) is 0.885.